The molecule has 0 aromatic rings. The summed E-state index contributed by atoms with van der Waals surface area (Å²) in [5.41, 5.74) is -2.59. The maximum absolute atomic E-state index is 14.2. The Hall–Kier alpha value is -1.37. The van der Waals surface area contributed by atoms with Gasteiger partial charge in [0.1, 0.15) is 17.3 Å². The van der Waals surface area contributed by atoms with Gasteiger partial charge in [0, 0.05) is 19.4 Å². The molecule has 0 spiro atoms. The van der Waals surface area contributed by atoms with Crippen LogP contribution in [0.3, 0.4) is 0 Å². The molecule has 1 amide bonds. The molecular formula is C13H22FNO5. The summed E-state index contributed by atoms with van der Waals surface area (Å²) in [6, 6.07) is -1.08. The van der Waals surface area contributed by atoms with Crippen molar-refractivity contribution in [2.24, 2.45) is 0 Å². The van der Waals surface area contributed by atoms with E-state index in [1.165, 1.54) is 7.11 Å². The average Bonchev–Trinajstić information content (AvgIpc) is 2.35. The van der Waals surface area contributed by atoms with E-state index in [-0.39, 0.29) is 19.4 Å². The number of carbonyl (C=O) groups excluding carboxylic acids is 2. The second kappa shape index (κ2) is 5.95. The normalized spacial score (nSPS) is 27.1. The molecule has 1 rings (SSSR count). The Morgan fingerprint density at radius 1 is 1.45 bits per heavy atom. The lowest BCUT2D eigenvalue weighted by Crippen LogP contribution is -2.56. The number of aliphatic hydroxyl groups excluding tert-OH is 1. The van der Waals surface area contributed by atoms with Crippen molar-refractivity contribution in [2.45, 2.75) is 50.9 Å². The number of hydrogen-bond acceptors (Lipinski definition) is 5. The molecule has 0 saturated carbocycles. The van der Waals surface area contributed by atoms with Gasteiger partial charge < -0.3 is 14.6 Å². The van der Waals surface area contributed by atoms with Crippen molar-refractivity contribution >= 4 is 12.1 Å². The summed E-state index contributed by atoms with van der Waals surface area (Å²) >= 11 is 0. The van der Waals surface area contributed by atoms with Gasteiger partial charge in [0.25, 0.3) is 0 Å². The van der Waals surface area contributed by atoms with Gasteiger partial charge in [-0.3, -0.25) is 4.90 Å². The number of amides is 1. The van der Waals surface area contributed by atoms with Crippen molar-refractivity contribution in [3.63, 3.8) is 0 Å². The standard InChI is InChI=1S/C13H22FNO5/c1-12(2,3)20-11(18)15-6-5-13(14,8-16)7-9(15)10(17)19-4/h9,16H,5-8H2,1-4H3/t9-,13+/m0/s1. The topological polar surface area (TPSA) is 76.1 Å². The molecule has 0 bridgehead atoms. The van der Waals surface area contributed by atoms with Crippen molar-refractivity contribution in [1.82, 2.24) is 4.90 Å². The first-order chi connectivity index (χ1) is 9.12. The van der Waals surface area contributed by atoms with E-state index in [0.29, 0.717) is 0 Å². The number of alkyl halides is 1. The first kappa shape index (κ1) is 16.7. The Morgan fingerprint density at radius 2 is 2.05 bits per heavy atom. The van der Waals surface area contributed by atoms with Crippen molar-refractivity contribution in [3.05, 3.63) is 0 Å². The van der Waals surface area contributed by atoms with Crippen LogP contribution in [0, 0.1) is 0 Å². The van der Waals surface area contributed by atoms with Crippen LogP contribution in [0.2, 0.25) is 0 Å². The van der Waals surface area contributed by atoms with Crippen LogP contribution in [-0.2, 0) is 14.3 Å². The van der Waals surface area contributed by atoms with Gasteiger partial charge in [-0.25, -0.2) is 14.0 Å². The summed E-state index contributed by atoms with van der Waals surface area (Å²) in [5, 5.41) is 9.07. The molecule has 0 aliphatic carbocycles. The van der Waals surface area contributed by atoms with Gasteiger partial charge >= 0.3 is 12.1 Å². The highest BCUT2D eigenvalue weighted by molar-refractivity contribution is 5.82. The Morgan fingerprint density at radius 3 is 2.50 bits per heavy atom. The summed E-state index contributed by atoms with van der Waals surface area (Å²) in [6.07, 6.45) is -1.03. The van der Waals surface area contributed by atoms with E-state index in [4.69, 9.17) is 9.84 Å². The zero-order chi connectivity index (χ0) is 15.6. The number of halogens is 1. The molecule has 0 aromatic heterocycles. The third kappa shape index (κ3) is 4.06. The average molecular weight is 291 g/mol. The second-order valence-corrected chi connectivity index (χ2v) is 5.98. The van der Waals surface area contributed by atoms with Gasteiger partial charge in [-0.1, -0.05) is 0 Å². The zero-order valence-electron chi connectivity index (χ0n) is 12.3. The number of rotatable bonds is 2. The summed E-state index contributed by atoms with van der Waals surface area (Å²) in [6.45, 7) is 4.41. The molecule has 2 atom stereocenters. The lowest BCUT2D eigenvalue weighted by atomic mass is 9.89. The van der Waals surface area contributed by atoms with E-state index in [9.17, 15) is 14.0 Å². The maximum atomic E-state index is 14.2. The summed E-state index contributed by atoms with van der Waals surface area (Å²) in [5.74, 6) is -0.717. The lowest BCUT2D eigenvalue weighted by Gasteiger charge is -2.40. The molecule has 6 nitrogen and oxygen atoms in total. The lowest BCUT2D eigenvalue weighted by molar-refractivity contribution is -0.151. The number of piperidine rings is 1. The Bertz CT molecular complexity index is 381. The van der Waals surface area contributed by atoms with Crippen LogP contribution in [0.4, 0.5) is 9.18 Å². The minimum absolute atomic E-state index is 0.00819. The first-order valence-electron chi connectivity index (χ1n) is 6.49. The number of nitrogens with zero attached hydrogens (tertiary/aromatic N) is 1. The number of hydrogen-bond donors (Lipinski definition) is 1. The fourth-order valence-electron chi connectivity index (χ4n) is 2.06. The fourth-order valence-corrected chi connectivity index (χ4v) is 2.06. The van der Waals surface area contributed by atoms with E-state index in [0.717, 1.165) is 4.90 Å². The Labute approximate surface area is 117 Å². The minimum Gasteiger partial charge on any atom is -0.467 e. The van der Waals surface area contributed by atoms with Gasteiger partial charge in [-0.05, 0) is 20.8 Å². The van der Waals surface area contributed by atoms with E-state index >= 15 is 0 Å². The van der Waals surface area contributed by atoms with Gasteiger partial charge in [-0.15, -0.1) is 0 Å². The largest absolute Gasteiger partial charge is 0.467 e. The summed E-state index contributed by atoms with van der Waals surface area (Å²) in [7, 11) is 1.17. The highest BCUT2D eigenvalue weighted by Crippen LogP contribution is 2.31. The van der Waals surface area contributed by atoms with Gasteiger partial charge in [0.15, 0.2) is 0 Å². The van der Waals surface area contributed by atoms with Crippen LogP contribution < -0.4 is 0 Å². The molecule has 1 saturated heterocycles. The molecule has 116 valence electrons. The number of carbonyl (C=O) groups is 2. The molecule has 1 aliphatic heterocycles. The van der Waals surface area contributed by atoms with Crippen LogP contribution >= 0.6 is 0 Å². The zero-order valence-corrected chi connectivity index (χ0v) is 12.3. The van der Waals surface area contributed by atoms with Gasteiger partial charge in [-0.2, -0.15) is 0 Å². The molecule has 1 heterocycles. The van der Waals surface area contributed by atoms with Crippen molar-refractivity contribution in [3.8, 4) is 0 Å². The number of aliphatic hydroxyl groups is 1. The van der Waals surface area contributed by atoms with Gasteiger partial charge in [0.05, 0.1) is 13.7 Å². The highest BCUT2D eigenvalue weighted by atomic mass is 19.1. The van der Waals surface area contributed by atoms with Crippen LogP contribution in [0.15, 0.2) is 0 Å². The molecule has 7 heteroatoms. The van der Waals surface area contributed by atoms with Crippen molar-refractivity contribution < 1.29 is 28.6 Å². The first-order valence-corrected chi connectivity index (χ1v) is 6.49. The third-order valence-corrected chi connectivity index (χ3v) is 3.12. The molecule has 20 heavy (non-hydrogen) atoms. The molecule has 1 aliphatic rings. The van der Waals surface area contributed by atoms with Crippen molar-refractivity contribution in [2.75, 3.05) is 20.3 Å². The van der Waals surface area contributed by atoms with Crippen LogP contribution in [-0.4, -0.2) is 59.6 Å². The molecule has 0 aromatic carbocycles. The number of esters is 1. The second-order valence-electron chi connectivity index (χ2n) is 5.98. The molecule has 1 fully saturated rings. The smallest absolute Gasteiger partial charge is 0.411 e. The summed E-state index contributed by atoms with van der Waals surface area (Å²) < 4.78 is 24.0. The van der Waals surface area contributed by atoms with E-state index in [2.05, 4.69) is 4.74 Å². The predicted octanol–water partition coefficient (Wildman–Crippen LogP) is 1.26. The van der Waals surface area contributed by atoms with Gasteiger partial charge in [0.2, 0.25) is 0 Å². The van der Waals surface area contributed by atoms with Crippen LogP contribution in [0.1, 0.15) is 33.6 Å². The highest BCUT2D eigenvalue weighted by Gasteiger charge is 2.46. The van der Waals surface area contributed by atoms with Crippen LogP contribution in [0.25, 0.3) is 0 Å². The minimum atomic E-state index is -1.88. The fraction of sp³-hybridized carbons (Fsp3) is 0.846. The molecule has 0 unspecified atom stereocenters. The Balaban J connectivity index is 2.89. The monoisotopic (exact) mass is 291 g/mol. The maximum Gasteiger partial charge on any atom is 0.411 e. The van der Waals surface area contributed by atoms with Crippen LogP contribution in [0.5, 0.6) is 0 Å². The molecular weight excluding hydrogens is 269 g/mol. The van der Waals surface area contributed by atoms with E-state index < -0.39 is 36.0 Å². The van der Waals surface area contributed by atoms with E-state index in [1.807, 2.05) is 0 Å². The number of likely N-dealkylation sites (tertiary alicyclic amines) is 1. The quantitative estimate of drug-likeness (QED) is 0.775. The number of ether oxygens (including phenoxy) is 2. The Kier molecular flexibility index (Phi) is 4.96. The molecule has 0 radical (unpaired) electrons. The molecule has 1 N–H and O–H groups in total. The third-order valence-electron chi connectivity index (χ3n) is 3.12. The summed E-state index contributed by atoms with van der Waals surface area (Å²) in [4.78, 5) is 24.9. The van der Waals surface area contributed by atoms with Crippen molar-refractivity contribution in [1.29, 1.82) is 0 Å². The number of methoxy groups -OCH3 is 1. The SMILES string of the molecule is COC(=O)[C@@H]1C[C@@](F)(CO)CCN1C(=O)OC(C)(C)C. The van der Waals surface area contributed by atoms with E-state index in [1.54, 1.807) is 20.8 Å². The predicted molar refractivity (Wildman–Crippen MR) is 68.9 cm³/mol.